The zero-order chi connectivity index (χ0) is 10.0. The Hall–Kier alpha value is -1.43. The van der Waals surface area contributed by atoms with E-state index in [9.17, 15) is 14.8 Å². The highest BCUT2D eigenvalue weighted by Gasteiger charge is 2.39. The maximum Gasteiger partial charge on any atom is 0.376 e. The van der Waals surface area contributed by atoms with Crippen LogP contribution in [-0.4, -0.2) is 28.4 Å². The molecule has 0 aromatic carbocycles. The number of nitrogens with zero attached hydrogens (tertiary/aromatic N) is 1. The van der Waals surface area contributed by atoms with Gasteiger partial charge in [-0.05, 0) is 11.6 Å². The van der Waals surface area contributed by atoms with E-state index in [2.05, 4.69) is 9.91 Å². The number of hydrogen-bond acceptors (Lipinski definition) is 6. The van der Waals surface area contributed by atoms with Crippen molar-refractivity contribution < 1.29 is 19.7 Å². The van der Waals surface area contributed by atoms with E-state index in [1.807, 2.05) is 0 Å². The smallest absolute Gasteiger partial charge is 0.376 e. The van der Waals surface area contributed by atoms with Gasteiger partial charge in [-0.1, -0.05) is 6.92 Å². The number of aliphatic hydroxyl groups excluding tert-OH is 2. The average Bonchev–Trinajstić information content (AvgIpc) is 2.42. The van der Waals surface area contributed by atoms with Gasteiger partial charge >= 0.3 is 5.97 Å². The third-order valence-corrected chi connectivity index (χ3v) is 1.81. The molecule has 0 spiro atoms. The van der Waals surface area contributed by atoms with Crippen molar-refractivity contribution >= 4 is 5.97 Å². The minimum atomic E-state index is -1.13. The van der Waals surface area contributed by atoms with Gasteiger partial charge in [-0.15, -0.1) is 4.91 Å². The second kappa shape index (κ2) is 3.53. The Morgan fingerprint density at radius 3 is 2.77 bits per heavy atom. The molecule has 0 unspecified atom stereocenters. The third kappa shape index (κ3) is 1.52. The molecule has 6 heteroatoms. The van der Waals surface area contributed by atoms with Gasteiger partial charge in [-0.2, -0.15) is 0 Å². The lowest BCUT2D eigenvalue weighted by Gasteiger charge is -2.14. The monoisotopic (exact) mass is 187 g/mol. The fourth-order valence-electron chi connectivity index (χ4n) is 1.04. The number of rotatable bonds is 3. The molecule has 1 heterocycles. The number of carbonyl (C=O) groups is 1. The van der Waals surface area contributed by atoms with Gasteiger partial charge in [0.25, 0.3) is 0 Å². The van der Waals surface area contributed by atoms with Gasteiger partial charge < -0.3 is 14.9 Å². The molecule has 0 aromatic rings. The van der Waals surface area contributed by atoms with E-state index < -0.39 is 29.6 Å². The average molecular weight is 187 g/mol. The first-order chi connectivity index (χ1) is 6.11. The highest BCUT2D eigenvalue weighted by atomic mass is 16.6. The number of ether oxygens (including phenoxy) is 1. The molecule has 0 aromatic heterocycles. The number of nitroso groups, excluding NO2 is 1. The van der Waals surface area contributed by atoms with Crippen molar-refractivity contribution in [3.05, 3.63) is 16.4 Å². The number of esters is 1. The molecule has 0 aliphatic carbocycles. The zero-order valence-electron chi connectivity index (χ0n) is 6.93. The molecule has 2 atom stereocenters. The molecule has 0 bridgehead atoms. The Labute approximate surface area is 73.8 Å². The van der Waals surface area contributed by atoms with E-state index in [0.29, 0.717) is 6.42 Å². The zero-order valence-corrected chi connectivity index (χ0v) is 6.93. The van der Waals surface area contributed by atoms with Gasteiger partial charge in [0.15, 0.2) is 11.8 Å². The number of cyclic esters (lactones) is 1. The minimum Gasteiger partial charge on any atom is -0.500 e. The van der Waals surface area contributed by atoms with Crippen molar-refractivity contribution in [3.8, 4) is 0 Å². The SMILES string of the molecule is CC[C@H](O)[C@H]1OC(=O)C(O)=C1N=O. The Kier molecular flexibility index (Phi) is 2.62. The maximum absolute atomic E-state index is 10.7. The normalized spacial score (nSPS) is 24.5. The van der Waals surface area contributed by atoms with Crippen molar-refractivity contribution in [1.82, 2.24) is 0 Å². The van der Waals surface area contributed by atoms with E-state index in [1.54, 1.807) is 6.92 Å². The van der Waals surface area contributed by atoms with Crippen LogP contribution in [-0.2, 0) is 9.53 Å². The number of carbonyl (C=O) groups excluding carboxylic acids is 1. The fourth-order valence-corrected chi connectivity index (χ4v) is 1.04. The van der Waals surface area contributed by atoms with Gasteiger partial charge in [0.05, 0.1) is 6.10 Å². The summed E-state index contributed by atoms with van der Waals surface area (Å²) in [4.78, 5) is 20.9. The lowest BCUT2D eigenvalue weighted by molar-refractivity contribution is -0.146. The predicted molar refractivity (Wildman–Crippen MR) is 41.6 cm³/mol. The van der Waals surface area contributed by atoms with Crippen LogP contribution in [0.4, 0.5) is 0 Å². The minimum absolute atomic E-state index is 0.296. The molecule has 2 N–H and O–H groups in total. The maximum atomic E-state index is 10.7. The van der Waals surface area contributed by atoms with Gasteiger partial charge in [-0.25, -0.2) is 4.79 Å². The van der Waals surface area contributed by atoms with Crippen LogP contribution in [0.25, 0.3) is 0 Å². The lowest BCUT2D eigenvalue weighted by Crippen LogP contribution is -2.27. The Morgan fingerprint density at radius 1 is 1.69 bits per heavy atom. The van der Waals surface area contributed by atoms with E-state index in [1.165, 1.54) is 0 Å². The van der Waals surface area contributed by atoms with Gasteiger partial charge in [0, 0.05) is 0 Å². The number of aliphatic hydroxyl groups is 2. The molecular formula is C7H9NO5. The first kappa shape index (κ1) is 9.66. The lowest BCUT2D eigenvalue weighted by atomic mass is 10.1. The van der Waals surface area contributed by atoms with Crippen LogP contribution in [0.2, 0.25) is 0 Å². The van der Waals surface area contributed by atoms with Crippen LogP contribution in [0.5, 0.6) is 0 Å². The molecule has 1 aliphatic rings. The van der Waals surface area contributed by atoms with Crippen molar-refractivity contribution in [2.24, 2.45) is 5.18 Å². The van der Waals surface area contributed by atoms with Crippen LogP contribution in [0, 0.1) is 4.91 Å². The molecule has 0 radical (unpaired) electrons. The summed E-state index contributed by atoms with van der Waals surface area (Å²) < 4.78 is 4.52. The second-order valence-corrected chi connectivity index (χ2v) is 2.63. The summed E-state index contributed by atoms with van der Waals surface area (Å²) in [7, 11) is 0. The summed E-state index contributed by atoms with van der Waals surface area (Å²) in [5, 5.41) is 20.7. The summed E-state index contributed by atoms with van der Waals surface area (Å²) in [6.45, 7) is 1.65. The summed E-state index contributed by atoms with van der Waals surface area (Å²) in [6.07, 6.45) is -1.85. The molecule has 6 nitrogen and oxygen atoms in total. The summed E-state index contributed by atoms with van der Waals surface area (Å²) in [6, 6.07) is 0. The second-order valence-electron chi connectivity index (χ2n) is 2.63. The Bertz CT molecular complexity index is 272. The van der Waals surface area contributed by atoms with E-state index in [0.717, 1.165) is 0 Å². The van der Waals surface area contributed by atoms with Crippen molar-refractivity contribution in [2.75, 3.05) is 0 Å². The van der Waals surface area contributed by atoms with Crippen molar-refractivity contribution in [3.63, 3.8) is 0 Å². The quantitative estimate of drug-likeness (QED) is 0.486. The topological polar surface area (TPSA) is 96.2 Å². The highest BCUT2D eigenvalue weighted by molar-refractivity contribution is 5.89. The third-order valence-electron chi connectivity index (χ3n) is 1.81. The Balaban J connectivity index is 2.92. The van der Waals surface area contributed by atoms with E-state index in [4.69, 9.17) is 5.11 Å². The largest absolute Gasteiger partial charge is 0.500 e. The molecule has 13 heavy (non-hydrogen) atoms. The number of hydrogen-bond donors (Lipinski definition) is 2. The van der Waals surface area contributed by atoms with Crippen LogP contribution in [0.15, 0.2) is 16.6 Å². The first-order valence-electron chi connectivity index (χ1n) is 3.77. The standard InChI is InChI=1S/C7H9NO5/c1-2-3(9)6-4(8-12)5(10)7(11)13-6/h3,6,9-10H,2H2,1H3/t3-,6+/m0/s1. The molecule has 1 aliphatic heterocycles. The predicted octanol–water partition coefficient (Wildman–Crippen LogP) is 0.219. The molecule has 72 valence electrons. The molecule has 1 rings (SSSR count). The van der Waals surface area contributed by atoms with Crippen LogP contribution >= 0.6 is 0 Å². The summed E-state index contributed by atoms with van der Waals surface area (Å²) in [5.41, 5.74) is -0.431. The molecule has 0 saturated carbocycles. The summed E-state index contributed by atoms with van der Waals surface area (Å²) >= 11 is 0. The van der Waals surface area contributed by atoms with Crippen LogP contribution in [0.1, 0.15) is 13.3 Å². The molecule has 0 fully saturated rings. The van der Waals surface area contributed by atoms with Crippen molar-refractivity contribution in [2.45, 2.75) is 25.6 Å². The fraction of sp³-hybridized carbons (Fsp3) is 0.571. The van der Waals surface area contributed by atoms with Gasteiger partial charge in [0.1, 0.15) is 0 Å². The van der Waals surface area contributed by atoms with E-state index >= 15 is 0 Å². The van der Waals surface area contributed by atoms with Crippen molar-refractivity contribution in [1.29, 1.82) is 0 Å². The molecule has 0 saturated heterocycles. The highest BCUT2D eigenvalue weighted by Crippen LogP contribution is 2.25. The Morgan fingerprint density at radius 2 is 2.31 bits per heavy atom. The van der Waals surface area contributed by atoms with Gasteiger partial charge in [-0.3, -0.25) is 0 Å². The molecule has 0 amide bonds. The van der Waals surface area contributed by atoms with Crippen LogP contribution in [0.3, 0.4) is 0 Å². The molecular weight excluding hydrogens is 178 g/mol. The first-order valence-corrected chi connectivity index (χ1v) is 3.77. The van der Waals surface area contributed by atoms with Crippen LogP contribution < -0.4 is 0 Å². The van der Waals surface area contributed by atoms with Gasteiger partial charge in [0.2, 0.25) is 5.76 Å². The summed E-state index contributed by atoms with van der Waals surface area (Å²) in [5.74, 6) is -1.83. The van der Waals surface area contributed by atoms with E-state index in [-0.39, 0.29) is 0 Å².